The minimum Gasteiger partial charge on any atom is -0.489 e. The van der Waals surface area contributed by atoms with Gasteiger partial charge in [-0.15, -0.1) is 5.10 Å². The van der Waals surface area contributed by atoms with Gasteiger partial charge in [-0.25, -0.2) is 0 Å². The third kappa shape index (κ3) is 3.75. The summed E-state index contributed by atoms with van der Waals surface area (Å²) < 4.78 is 13.2. The Morgan fingerprint density at radius 3 is 2.74 bits per heavy atom. The molecule has 4 rings (SSSR count). The van der Waals surface area contributed by atoms with E-state index >= 15 is 0 Å². The third-order valence-electron chi connectivity index (χ3n) is 4.32. The minimum atomic E-state index is 0.569. The quantitative estimate of drug-likeness (QED) is 0.603. The third-order valence-corrected chi connectivity index (χ3v) is 5.59. The first-order valence-electron chi connectivity index (χ1n) is 8.69. The van der Waals surface area contributed by atoms with E-state index in [0.29, 0.717) is 35.5 Å². The van der Waals surface area contributed by atoms with Gasteiger partial charge in [-0.05, 0) is 53.1 Å². The van der Waals surface area contributed by atoms with Crippen LogP contribution in [0.25, 0.3) is 5.69 Å². The van der Waals surface area contributed by atoms with E-state index < -0.39 is 0 Å². The zero-order valence-corrected chi connectivity index (χ0v) is 16.7. The molecule has 0 bridgehead atoms. The second-order valence-corrected chi connectivity index (χ2v) is 7.71. The van der Waals surface area contributed by atoms with Crippen LogP contribution in [0.1, 0.15) is 23.1 Å². The Bertz CT molecular complexity index is 956. The summed E-state index contributed by atoms with van der Waals surface area (Å²) in [4.78, 5) is 0. The highest BCUT2D eigenvalue weighted by molar-refractivity contribution is 7.98. The first-order valence-corrected chi connectivity index (χ1v) is 10.1. The number of benzene rings is 2. The zero-order valence-electron chi connectivity index (χ0n) is 15.1. The van der Waals surface area contributed by atoms with Crippen molar-refractivity contribution in [1.29, 1.82) is 0 Å². The van der Waals surface area contributed by atoms with Crippen LogP contribution in [0, 0.1) is 13.8 Å². The van der Waals surface area contributed by atoms with Crippen LogP contribution < -0.4 is 9.47 Å². The molecule has 0 N–H and O–H groups in total. The molecular weight excluding hydrogens is 384 g/mol. The number of tetrazole rings is 1. The fraction of sp³-hybridized carbons (Fsp3) is 0.316. The van der Waals surface area contributed by atoms with Crippen molar-refractivity contribution in [3.63, 3.8) is 0 Å². The van der Waals surface area contributed by atoms with Gasteiger partial charge in [-0.2, -0.15) is 4.68 Å². The van der Waals surface area contributed by atoms with Crippen molar-refractivity contribution in [2.75, 3.05) is 13.2 Å². The Labute approximate surface area is 166 Å². The molecule has 0 atom stereocenters. The molecule has 6 nitrogen and oxygen atoms in total. The van der Waals surface area contributed by atoms with Gasteiger partial charge in [0.1, 0.15) is 0 Å². The summed E-state index contributed by atoms with van der Waals surface area (Å²) in [6.07, 6.45) is 0.847. The first-order chi connectivity index (χ1) is 13.1. The van der Waals surface area contributed by atoms with E-state index in [1.54, 1.807) is 16.4 Å². The van der Waals surface area contributed by atoms with Crippen molar-refractivity contribution in [3.05, 3.63) is 52.0 Å². The van der Waals surface area contributed by atoms with E-state index in [0.717, 1.165) is 34.0 Å². The highest BCUT2D eigenvalue weighted by Crippen LogP contribution is 2.39. The molecule has 3 aromatic rings. The van der Waals surface area contributed by atoms with Crippen LogP contribution >= 0.6 is 23.4 Å². The van der Waals surface area contributed by atoms with E-state index in [1.165, 1.54) is 0 Å². The smallest absolute Gasteiger partial charge is 0.214 e. The number of para-hydroxylation sites is 1. The van der Waals surface area contributed by atoms with E-state index in [-0.39, 0.29) is 0 Å². The molecule has 27 heavy (non-hydrogen) atoms. The Balaban J connectivity index is 1.58. The molecule has 0 aliphatic carbocycles. The standard InChI is InChI=1S/C19H19ClN4O2S/c1-12-5-3-6-13(2)17(12)24-19(21-22-23-24)27-11-14-9-15(20)18-16(10-14)25-7-4-8-26-18/h3,5-6,9-10H,4,7-8,11H2,1-2H3. The Morgan fingerprint density at radius 1 is 1.15 bits per heavy atom. The number of halogens is 1. The summed E-state index contributed by atoms with van der Waals surface area (Å²) in [5.74, 6) is 2.00. The van der Waals surface area contributed by atoms with Crippen LogP contribution in [0.3, 0.4) is 0 Å². The van der Waals surface area contributed by atoms with Gasteiger partial charge < -0.3 is 9.47 Å². The van der Waals surface area contributed by atoms with Crippen molar-refractivity contribution in [2.24, 2.45) is 0 Å². The van der Waals surface area contributed by atoms with Crippen molar-refractivity contribution < 1.29 is 9.47 Å². The SMILES string of the molecule is Cc1cccc(C)c1-n1nnnc1SCc1cc(Cl)c2c(c1)OCCCO2. The average Bonchev–Trinajstić information content (AvgIpc) is 2.95. The normalized spacial score (nSPS) is 13.4. The lowest BCUT2D eigenvalue weighted by Crippen LogP contribution is -2.04. The molecule has 0 saturated heterocycles. The van der Waals surface area contributed by atoms with Crippen LogP contribution in [-0.4, -0.2) is 33.4 Å². The van der Waals surface area contributed by atoms with Gasteiger partial charge in [0.15, 0.2) is 11.5 Å². The van der Waals surface area contributed by atoms with Crippen molar-refractivity contribution in [1.82, 2.24) is 20.2 Å². The molecule has 0 unspecified atom stereocenters. The predicted octanol–water partition coefficient (Wildman–Crippen LogP) is 4.39. The second-order valence-electron chi connectivity index (χ2n) is 6.36. The molecule has 0 radical (unpaired) electrons. The van der Waals surface area contributed by atoms with Crippen molar-refractivity contribution >= 4 is 23.4 Å². The Kier molecular flexibility index (Phi) is 5.22. The maximum Gasteiger partial charge on any atom is 0.214 e. The van der Waals surface area contributed by atoms with Gasteiger partial charge in [0.05, 0.1) is 23.9 Å². The largest absolute Gasteiger partial charge is 0.489 e. The number of nitrogens with zero attached hydrogens (tertiary/aromatic N) is 4. The number of aryl methyl sites for hydroxylation is 2. The topological polar surface area (TPSA) is 62.1 Å². The molecule has 0 amide bonds. The molecule has 1 aromatic heterocycles. The molecule has 2 aromatic carbocycles. The number of thioether (sulfide) groups is 1. The molecule has 1 aliphatic rings. The van der Waals surface area contributed by atoms with Gasteiger partial charge in [0.2, 0.25) is 5.16 Å². The number of ether oxygens (including phenoxy) is 2. The van der Waals surface area contributed by atoms with Gasteiger partial charge in [0.25, 0.3) is 0 Å². The van der Waals surface area contributed by atoms with Crippen LogP contribution in [0.2, 0.25) is 5.02 Å². The summed E-state index contributed by atoms with van der Waals surface area (Å²) in [5, 5.41) is 13.5. The van der Waals surface area contributed by atoms with Crippen LogP contribution in [0.15, 0.2) is 35.5 Å². The highest BCUT2D eigenvalue weighted by atomic mass is 35.5. The lowest BCUT2D eigenvalue weighted by atomic mass is 10.1. The molecule has 1 aliphatic heterocycles. The highest BCUT2D eigenvalue weighted by Gasteiger charge is 2.17. The Hall–Kier alpha value is -2.25. The lowest BCUT2D eigenvalue weighted by Gasteiger charge is -2.12. The lowest BCUT2D eigenvalue weighted by molar-refractivity contribution is 0.297. The summed E-state index contributed by atoms with van der Waals surface area (Å²) in [5.41, 5.74) is 4.30. The molecule has 8 heteroatoms. The van der Waals surface area contributed by atoms with E-state index in [9.17, 15) is 0 Å². The van der Waals surface area contributed by atoms with Crippen molar-refractivity contribution in [2.45, 2.75) is 31.2 Å². The summed E-state index contributed by atoms with van der Waals surface area (Å²) in [6.45, 7) is 5.36. The van der Waals surface area contributed by atoms with Crippen LogP contribution in [0.4, 0.5) is 0 Å². The fourth-order valence-corrected chi connectivity index (χ4v) is 4.16. The van der Waals surface area contributed by atoms with Gasteiger partial charge in [-0.1, -0.05) is 41.6 Å². The number of rotatable bonds is 4. The van der Waals surface area contributed by atoms with Crippen LogP contribution in [0.5, 0.6) is 11.5 Å². The Morgan fingerprint density at radius 2 is 1.93 bits per heavy atom. The number of aromatic nitrogens is 4. The molecular formula is C19H19ClN4O2S. The monoisotopic (exact) mass is 402 g/mol. The predicted molar refractivity (Wildman–Crippen MR) is 105 cm³/mol. The van der Waals surface area contributed by atoms with Gasteiger partial charge in [0, 0.05) is 12.2 Å². The molecule has 2 heterocycles. The number of fused-ring (bicyclic) bond motifs is 1. The average molecular weight is 403 g/mol. The number of hydrogen-bond donors (Lipinski definition) is 0. The summed E-state index contributed by atoms with van der Waals surface area (Å²) in [6, 6.07) is 10.0. The second kappa shape index (κ2) is 7.78. The van der Waals surface area contributed by atoms with Crippen molar-refractivity contribution in [3.8, 4) is 17.2 Å². The molecule has 0 spiro atoms. The van der Waals surface area contributed by atoms with Gasteiger partial charge >= 0.3 is 0 Å². The van der Waals surface area contributed by atoms with E-state index in [4.69, 9.17) is 21.1 Å². The fourth-order valence-electron chi connectivity index (χ4n) is 3.06. The maximum absolute atomic E-state index is 6.39. The summed E-state index contributed by atoms with van der Waals surface area (Å²) >= 11 is 7.94. The maximum atomic E-state index is 6.39. The first kappa shape index (κ1) is 18.1. The zero-order chi connectivity index (χ0) is 18.8. The van der Waals surface area contributed by atoms with E-state index in [2.05, 4.69) is 41.5 Å². The molecule has 140 valence electrons. The number of hydrogen-bond acceptors (Lipinski definition) is 6. The summed E-state index contributed by atoms with van der Waals surface area (Å²) in [7, 11) is 0. The van der Waals surface area contributed by atoms with E-state index in [1.807, 2.05) is 18.2 Å². The molecule has 0 fully saturated rings. The minimum absolute atomic E-state index is 0.569. The van der Waals surface area contributed by atoms with Crippen LogP contribution in [-0.2, 0) is 5.75 Å². The molecule has 0 saturated carbocycles. The van der Waals surface area contributed by atoms with Gasteiger partial charge in [-0.3, -0.25) is 0 Å².